The number of primary amides is 1. The maximum absolute atomic E-state index is 13.4. The number of benzene rings is 2. The zero-order valence-electron chi connectivity index (χ0n) is 22.1. The van der Waals surface area contributed by atoms with Crippen LogP contribution >= 0.6 is 12.4 Å². The number of fused-ring (bicyclic) bond motifs is 1. The molecule has 3 unspecified atom stereocenters. The summed E-state index contributed by atoms with van der Waals surface area (Å²) in [7, 11) is 0. The van der Waals surface area contributed by atoms with Gasteiger partial charge < -0.3 is 21.8 Å². The molecule has 6 N–H and O–H groups in total. The Morgan fingerprint density at radius 2 is 1.76 bits per heavy atom. The number of nitrogens with one attached hydrogen (secondary N) is 2. The molecule has 0 bridgehead atoms. The lowest BCUT2D eigenvalue weighted by Gasteiger charge is -2.48. The van der Waals surface area contributed by atoms with Crippen LogP contribution < -0.4 is 16.8 Å². The number of H-pyrrole nitrogens is 1. The Bertz CT molecular complexity index is 1190. The van der Waals surface area contributed by atoms with E-state index in [1.54, 1.807) is 0 Å². The average Bonchev–Trinajstić information content (AvgIpc) is 3.26. The van der Waals surface area contributed by atoms with Crippen molar-refractivity contribution >= 4 is 35.1 Å². The molecule has 0 aliphatic heterocycles. The van der Waals surface area contributed by atoms with Gasteiger partial charge in [-0.25, -0.2) is 0 Å². The molecule has 0 radical (unpaired) electrons. The molecule has 7 heteroatoms. The molecule has 1 heterocycles. The fourth-order valence-electron chi connectivity index (χ4n) is 6.42. The third-order valence-corrected chi connectivity index (χ3v) is 8.23. The quantitative estimate of drug-likeness (QED) is 0.305. The van der Waals surface area contributed by atoms with Gasteiger partial charge >= 0.3 is 0 Å². The maximum Gasteiger partial charge on any atom is 0.237 e. The molecular formula is C30H41ClN4O2. The molecular weight excluding hydrogens is 484 g/mol. The molecule has 5 atom stereocenters. The number of carbonyl (C=O) groups excluding carboxylic acids is 2. The number of hydrogen-bond donors (Lipinski definition) is 4. The van der Waals surface area contributed by atoms with Gasteiger partial charge in [0.05, 0.1) is 17.5 Å². The summed E-state index contributed by atoms with van der Waals surface area (Å²) >= 11 is 0. The Kier molecular flexibility index (Phi) is 9.43. The Labute approximate surface area is 226 Å². The minimum absolute atomic E-state index is 0. The topological polar surface area (TPSA) is 114 Å². The first-order chi connectivity index (χ1) is 17.2. The Hall–Kier alpha value is -2.83. The molecule has 6 nitrogen and oxygen atoms in total. The van der Waals surface area contributed by atoms with Crippen LogP contribution in [0.5, 0.6) is 0 Å². The third kappa shape index (κ3) is 6.19. The monoisotopic (exact) mass is 524 g/mol. The van der Waals surface area contributed by atoms with E-state index in [0.29, 0.717) is 24.7 Å². The standard InChI is InChI=1S/C30H40N4O2.ClH/c1-19(2)24-14-13-20(3)16-30(24,29(32)36)17-27(21-9-5-4-6-10-21)34-28(35)25(31)15-22-18-33-26-12-8-7-11-23(22)26;/h4-12,18-20,24-25,27,33H,13-17,31H2,1-3H3,(H2,32,36)(H,34,35);1H/t20?,24?,25-,27-,30?;/m0./s1. The number of carbonyl (C=O) groups is 2. The van der Waals surface area contributed by atoms with E-state index in [2.05, 4.69) is 31.1 Å². The number of aromatic amines is 1. The molecule has 4 rings (SSSR count). The van der Waals surface area contributed by atoms with Crippen molar-refractivity contribution in [1.29, 1.82) is 0 Å². The first-order valence-electron chi connectivity index (χ1n) is 13.2. The summed E-state index contributed by atoms with van der Waals surface area (Å²) in [5.41, 5.74) is 14.9. The lowest BCUT2D eigenvalue weighted by atomic mass is 9.57. The van der Waals surface area contributed by atoms with Gasteiger partial charge in [0.15, 0.2) is 0 Å². The molecule has 3 aromatic rings. The summed E-state index contributed by atoms with van der Waals surface area (Å²) in [5.74, 6) is 0.420. The second-order valence-electron chi connectivity index (χ2n) is 11.1. The highest BCUT2D eigenvalue weighted by molar-refractivity contribution is 5.86. The molecule has 1 fully saturated rings. The second kappa shape index (κ2) is 12.1. The van der Waals surface area contributed by atoms with E-state index in [1.165, 1.54) is 0 Å². The van der Waals surface area contributed by atoms with Crippen LogP contribution in [0.1, 0.15) is 63.6 Å². The normalized spacial score (nSPS) is 23.3. The van der Waals surface area contributed by atoms with Crippen LogP contribution in [0.25, 0.3) is 10.9 Å². The van der Waals surface area contributed by atoms with Gasteiger partial charge in [0, 0.05) is 17.1 Å². The van der Waals surface area contributed by atoms with E-state index in [9.17, 15) is 9.59 Å². The van der Waals surface area contributed by atoms with E-state index in [1.807, 2.05) is 60.8 Å². The number of nitrogens with two attached hydrogens (primary N) is 2. The van der Waals surface area contributed by atoms with Crippen molar-refractivity contribution in [3.63, 3.8) is 0 Å². The summed E-state index contributed by atoms with van der Waals surface area (Å²) in [6.07, 6.45) is 5.62. The van der Waals surface area contributed by atoms with Crippen LogP contribution in [-0.2, 0) is 16.0 Å². The SMILES string of the molecule is CC1CCC(C(C)C)C(C[C@H](NC(=O)[C@@H](N)Cc2c[nH]c3ccccc23)c2ccccc2)(C(N)=O)C1.Cl. The van der Waals surface area contributed by atoms with E-state index >= 15 is 0 Å². The Morgan fingerprint density at radius 3 is 2.43 bits per heavy atom. The molecule has 0 saturated heterocycles. The molecule has 2 amide bonds. The van der Waals surface area contributed by atoms with Gasteiger partial charge in [-0.05, 0) is 60.6 Å². The van der Waals surface area contributed by atoms with E-state index in [-0.39, 0.29) is 36.2 Å². The molecule has 1 aromatic heterocycles. The van der Waals surface area contributed by atoms with Crippen LogP contribution in [-0.4, -0.2) is 22.8 Å². The van der Waals surface area contributed by atoms with Crippen LogP contribution in [0.15, 0.2) is 60.8 Å². The van der Waals surface area contributed by atoms with Crippen LogP contribution in [0, 0.1) is 23.2 Å². The number of aromatic nitrogens is 1. The molecule has 1 aliphatic carbocycles. The highest BCUT2D eigenvalue weighted by atomic mass is 35.5. The highest BCUT2D eigenvalue weighted by Crippen LogP contribution is 2.51. The fraction of sp³-hybridized carbons (Fsp3) is 0.467. The molecule has 2 aromatic carbocycles. The summed E-state index contributed by atoms with van der Waals surface area (Å²) in [6.45, 7) is 6.54. The zero-order valence-corrected chi connectivity index (χ0v) is 22.9. The van der Waals surface area contributed by atoms with Gasteiger partial charge in [-0.15, -0.1) is 12.4 Å². The van der Waals surface area contributed by atoms with Gasteiger partial charge in [-0.3, -0.25) is 9.59 Å². The predicted octanol–water partition coefficient (Wildman–Crippen LogP) is 5.27. The van der Waals surface area contributed by atoms with E-state index in [4.69, 9.17) is 11.5 Å². The van der Waals surface area contributed by atoms with E-state index in [0.717, 1.165) is 41.3 Å². The number of halogens is 1. The predicted molar refractivity (Wildman–Crippen MR) is 152 cm³/mol. The van der Waals surface area contributed by atoms with Gasteiger partial charge in [0.25, 0.3) is 0 Å². The first-order valence-corrected chi connectivity index (χ1v) is 13.2. The Morgan fingerprint density at radius 1 is 1.08 bits per heavy atom. The molecule has 1 aliphatic rings. The Balaban J connectivity index is 0.00000380. The van der Waals surface area contributed by atoms with Gasteiger partial charge in [-0.1, -0.05) is 75.7 Å². The first kappa shape index (κ1) is 28.7. The number of rotatable bonds is 9. The van der Waals surface area contributed by atoms with Crippen molar-refractivity contribution in [1.82, 2.24) is 10.3 Å². The largest absolute Gasteiger partial charge is 0.369 e. The van der Waals surface area contributed by atoms with Crippen molar-refractivity contribution in [2.75, 3.05) is 0 Å². The van der Waals surface area contributed by atoms with E-state index < -0.39 is 11.5 Å². The molecule has 0 spiro atoms. The highest BCUT2D eigenvalue weighted by Gasteiger charge is 2.50. The minimum atomic E-state index is -0.717. The van der Waals surface area contributed by atoms with Crippen LogP contribution in [0.4, 0.5) is 0 Å². The molecule has 37 heavy (non-hydrogen) atoms. The maximum atomic E-state index is 13.4. The zero-order chi connectivity index (χ0) is 25.9. The lowest BCUT2D eigenvalue weighted by molar-refractivity contribution is -0.138. The van der Waals surface area contributed by atoms with Gasteiger partial charge in [0.2, 0.25) is 11.8 Å². The van der Waals surface area contributed by atoms with Crippen LogP contribution in [0.2, 0.25) is 0 Å². The van der Waals surface area contributed by atoms with Crippen molar-refractivity contribution in [2.45, 2.75) is 65.0 Å². The fourth-order valence-corrected chi connectivity index (χ4v) is 6.42. The van der Waals surface area contributed by atoms with Crippen molar-refractivity contribution in [3.8, 4) is 0 Å². The number of para-hydroxylation sites is 1. The minimum Gasteiger partial charge on any atom is -0.369 e. The van der Waals surface area contributed by atoms with Gasteiger partial charge in [0.1, 0.15) is 0 Å². The number of amides is 2. The van der Waals surface area contributed by atoms with Crippen LogP contribution in [0.3, 0.4) is 0 Å². The van der Waals surface area contributed by atoms with Gasteiger partial charge in [-0.2, -0.15) is 0 Å². The number of hydrogen-bond acceptors (Lipinski definition) is 3. The summed E-state index contributed by atoms with van der Waals surface area (Å²) < 4.78 is 0. The summed E-state index contributed by atoms with van der Waals surface area (Å²) in [5, 5.41) is 4.29. The summed E-state index contributed by atoms with van der Waals surface area (Å²) in [4.78, 5) is 29.8. The second-order valence-corrected chi connectivity index (χ2v) is 11.1. The molecule has 200 valence electrons. The lowest BCUT2D eigenvalue weighted by Crippen LogP contribution is -2.52. The summed E-state index contributed by atoms with van der Waals surface area (Å²) in [6, 6.07) is 16.8. The molecule has 1 saturated carbocycles. The van der Waals surface area contributed by atoms with Crippen molar-refractivity contribution in [2.24, 2.45) is 34.6 Å². The smallest absolute Gasteiger partial charge is 0.237 e. The average molecular weight is 525 g/mol. The van der Waals surface area contributed by atoms with Crippen molar-refractivity contribution < 1.29 is 9.59 Å². The third-order valence-electron chi connectivity index (χ3n) is 8.23. The van der Waals surface area contributed by atoms with Crippen molar-refractivity contribution in [3.05, 3.63) is 71.9 Å².